The van der Waals surface area contributed by atoms with Crippen molar-refractivity contribution in [2.45, 2.75) is 39.5 Å². The Morgan fingerprint density at radius 1 is 0.774 bits per heavy atom. The zero-order valence-electron chi connectivity index (χ0n) is 18.0. The Kier molecular flexibility index (Phi) is 6.44. The van der Waals surface area contributed by atoms with Gasteiger partial charge in [0.25, 0.3) is 0 Å². The van der Waals surface area contributed by atoms with Crippen LogP contribution in [-0.4, -0.2) is 6.36 Å². The minimum atomic E-state index is -4.74. The van der Waals surface area contributed by atoms with Gasteiger partial charge in [-0.05, 0) is 59.4 Å². The van der Waals surface area contributed by atoms with Gasteiger partial charge in [-0.3, -0.25) is 0 Å². The molecule has 3 aromatic carbocycles. The van der Waals surface area contributed by atoms with Crippen LogP contribution in [0.5, 0.6) is 17.2 Å². The summed E-state index contributed by atoms with van der Waals surface area (Å²) in [5.41, 5.74) is 3.32. The maximum absolute atomic E-state index is 12.6. The summed E-state index contributed by atoms with van der Waals surface area (Å²) in [7, 11) is 0. The highest BCUT2D eigenvalue weighted by Crippen LogP contribution is 2.35. The van der Waals surface area contributed by atoms with Crippen LogP contribution in [0.4, 0.5) is 13.2 Å². The van der Waals surface area contributed by atoms with E-state index in [9.17, 15) is 13.2 Å². The highest BCUT2D eigenvalue weighted by atomic mass is 19.4. The fourth-order valence-corrected chi connectivity index (χ4v) is 3.15. The van der Waals surface area contributed by atoms with E-state index in [-0.39, 0.29) is 11.2 Å². The molecule has 0 heterocycles. The number of ether oxygens (including phenoxy) is 2. The Bertz CT molecular complexity index is 1080. The Hall–Kier alpha value is -3.21. The van der Waals surface area contributed by atoms with Crippen molar-refractivity contribution in [2.24, 2.45) is 0 Å². The summed E-state index contributed by atoms with van der Waals surface area (Å²) in [4.78, 5) is 0. The molecule has 0 unspecified atom stereocenters. The van der Waals surface area contributed by atoms with Crippen LogP contribution in [0.3, 0.4) is 0 Å². The van der Waals surface area contributed by atoms with Gasteiger partial charge in [-0.1, -0.05) is 69.3 Å². The summed E-state index contributed by atoms with van der Waals surface area (Å²) < 4.78 is 48.0. The van der Waals surface area contributed by atoms with Crippen molar-refractivity contribution in [1.82, 2.24) is 0 Å². The van der Waals surface area contributed by atoms with Crippen molar-refractivity contribution in [2.75, 3.05) is 0 Å². The summed E-state index contributed by atoms with van der Waals surface area (Å²) in [5, 5.41) is 0. The molecule has 0 N–H and O–H groups in total. The Morgan fingerprint density at radius 2 is 1.45 bits per heavy atom. The number of hydrogen-bond acceptors (Lipinski definition) is 2. The van der Waals surface area contributed by atoms with Gasteiger partial charge in [0.2, 0.25) is 0 Å². The largest absolute Gasteiger partial charge is 0.573 e. The smallest absolute Gasteiger partial charge is 0.457 e. The number of alkyl halides is 3. The van der Waals surface area contributed by atoms with Crippen molar-refractivity contribution in [1.29, 1.82) is 0 Å². The molecule has 162 valence electrons. The molecule has 0 aliphatic heterocycles. The monoisotopic (exact) mass is 426 g/mol. The lowest BCUT2D eigenvalue weighted by atomic mass is 9.87. The highest BCUT2D eigenvalue weighted by molar-refractivity contribution is 5.71. The zero-order chi connectivity index (χ0) is 22.6. The summed E-state index contributed by atoms with van der Waals surface area (Å²) in [5.74, 6) is 1.05. The quantitative estimate of drug-likeness (QED) is 0.408. The molecule has 0 saturated heterocycles. The molecule has 2 nitrogen and oxygen atoms in total. The summed E-state index contributed by atoms with van der Waals surface area (Å²) in [6.45, 7) is 8.31. The van der Waals surface area contributed by atoms with E-state index in [0.29, 0.717) is 17.1 Å². The van der Waals surface area contributed by atoms with Crippen LogP contribution in [0.2, 0.25) is 0 Å². The first-order chi connectivity index (χ1) is 14.5. The van der Waals surface area contributed by atoms with Crippen LogP contribution >= 0.6 is 0 Å². The van der Waals surface area contributed by atoms with Crippen LogP contribution in [0.1, 0.15) is 38.8 Å². The number of hydrogen-bond donors (Lipinski definition) is 0. The van der Waals surface area contributed by atoms with Gasteiger partial charge in [-0.2, -0.15) is 0 Å². The molecule has 0 aliphatic carbocycles. The topological polar surface area (TPSA) is 18.5 Å². The van der Waals surface area contributed by atoms with Gasteiger partial charge >= 0.3 is 6.36 Å². The lowest BCUT2D eigenvalue weighted by Gasteiger charge is -2.20. The third kappa shape index (κ3) is 6.14. The van der Waals surface area contributed by atoms with Gasteiger partial charge in [0.1, 0.15) is 17.2 Å². The number of rotatable bonds is 5. The van der Waals surface area contributed by atoms with Crippen molar-refractivity contribution in [3.8, 4) is 28.4 Å². The molecule has 0 radical (unpaired) electrons. The predicted octanol–water partition coefficient (Wildman–Crippen LogP) is 8.38. The lowest BCUT2D eigenvalue weighted by Crippen LogP contribution is -2.17. The molecule has 0 bridgehead atoms. The second kappa shape index (κ2) is 8.88. The fourth-order valence-electron chi connectivity index (χ4n) is 3.15. The maximum Gasteiger partial charge on any atom is 0.573 e. The molecule has 0 atom stereocenters. The van der Waals surface area contributed by atoms with Crippen LogP contribution < -0.4 is 9.47 Å². The van der Waals surface area contributed by atoms with E-state index in [0.717, 1.165) is 16.7 Å². The second-order valence-corrected chi connectivity index (χ2v) is 8.21. The van der Waals surface area contributed by atoms with E-state index in [2.05, 4.69) is 31.6 Å². The van der Waals surface area contributed by atoms with Crippen LogP contribution in [-0.2, 0) is 5.41 Å². The van der Waals surface area contributed by atoms with E-state index >= 15 is 0 Å². The van der Waals surface area contributed by atoms with E-state index in [4.69, 9.17) is 4.74 Å². The molecule has 31 heavy (non-hydrogen) atoms. The van der Waals surface area contributed by atoms with Crippen molar-refractivity contribution in [3.63, 3.8) is 0 Å². The third-order valence-corrected chi connectivity index (χ3v) is 4.69. The number of halogens is 3. The summed E-state index contributed by atoms with van der Waals surface area (Å²) in [6.07, 6.45) is -0.901. The standard InChI is InChI=1S/C26H25F3O2/c1-5-8-18-13-14-20(19-9-6-12-23(15-19)31-26(27,28)29)16-24(18)30-22-11-7-10-21(17-22)25(2,3)4/h5-17H,1-4H3/b8-5+. The van der Waals surface area contributed by atoms with E-state index in [1.54, 1.807) is 6.07 Å². The molecule has 3 rings (SSSR count). The minimum absolute atomic E-state index is 0.0215. The predicted molar refractivity (Wildman–Crippen MR) is 118 cm³/mol. The van der Waals surface area contributed by atoms with Gasteiger partial charge in [-0.25, -0.2) is 0 Å². The molecule has 0 amide bonds. The Balaban J connectivity index is 1.98. The van der Waals surface area contributed by atoms with Gasteiger partial charge in [0.05, 0.1) is 0 Å². The lowest BCUT2D eigenvalue weighted by molar-refractivity contribution is -0.274. The SMILES string of the molecule is C/C=C/c1ccc(-c2cccc(OC(F)(F)F)c2)cc1Oc1cccc(C(C)(C)C)c1. The van der Waals surface area contributed by atoms with Gasteiger partial charge < -0.3 is 9.47 Å². The average Bonchev–Trinajstić information content (AvgIpc) is 2.68. The summed E-state index contributed by atoms with van der Waals surface area (Å²) in [6, 6.07) is 19.4. The van der Waals surface area contributed by atoms with Gasteiger partial charge in [0.15, 0.2) is 0 Å². The van der Waals surface area contributed by atoms with Crippen molar-refractivity contribution < 1.29 is 22.6 Å². The van der Waals surface area contributed by atoms with Crippen LogP contribution in [0.15, 0.2) is 72.8 Å². The molecular weight excluding hydrogens is 401 g/mol. The molecule has 0 spiro atoms. The summed E-state index contributed by atoms with van der Waals surface area (Å²) >= 11 is 0. The van der Waals surface area contributed by atoms with E-state index in [1.165, 1.54) is 18.2 Å². The van der Waals surface area contributed by atoms with E-state index < -0.39 is 6.36 Å². The molecule has 5 heteroatoms. The third-order valence-electron chi connectivity index (χ3n) is 4.69. The molecule has 0 aromatic heterocycles. The fraction of sp³-hybridized carbons (Fsp3) is 0.231. The molecule has 0 aliphatic rings. The van der Waals surface area contributed by atoms with Crippen LogP contribution in [0, 0.1) is 0 Å². The molecular formula is C26H25F3O2. The highest BCUT2D eigenvalue weighted by Gasteiger charge is 2.31. The van der Waals surface area contributed by atoms with Crippen LogP contribution in [0.25, 0.3) is 17.2 Å². The first kappa shape index (κ1) is 22.5. The molecule has 0 fully saturated rings. The maximum atomic E-state index is 12.6. The van der Waals surface area contributed by atoms with E-state index in [1.807, 2.05) is 55.5 Å². The first-order valence-corrected chi connectivity index (χ1v) is 9.96. The Labute approximate surface area is 180 Å². The second-order valence-electron chi connectivity index (χ2n) is 8.21. The number of allylic oxidation sites excluding steroid dienone is 1. The zero-order valence-corrected chi connectivity index (χ0v) is 18.0. The van der Waals surface area contributed by atoms with Crippen molar-refractivity contribution >= 4 is 6.08 Å². The molecule has 0 saturated carbocycles. The average molecular weight is 426 g/mol. The van der Waals surface area contributed by atoms with Gasteiger partial charge in [0, 0.05) is 5.56 Å². The first-order valence-electron chi connectivity index (χ1n) is 9.96. The number of benzene rings is 3. The minimum Gasteiger partial charge on any atom is -0.457 e. The van der Waals surface area contributed by atoms with Crippen molar-refractivity contribution in [3.05, 3.63) is 83.9 Å². The van der Waals surface area contributed by atoms with Gasteiger partial charge in [-0.15, -0.1) is 13.2 Å². The Morgan fingerprint density at radius 3 is 2.13 bits per heavy atom. The normalized spacial score (nSPS) is 12.2. The molecule has 3 aromatic rings.